The minimum Gasteiger partial charge on any atom is -0.484 e. The second-order valence-electron chi connectivity index (χ2n) is 6.98. The maximum absolute atomic E-state index is 13.2. The van der Waals surface area contributed by atoms with Crippen LogP contribution < -0.4 is 14.8 Å². The minimum absolute atomic E-state index is 0.0652. The van der Waals surface area contributed by atoms with Crippen molar-refractivity contribution in [3.8, 4) is 23.0 Å². The first-order chi connectivity index (χ1) is 16.3. The monoisotopic (exact) mass is 475 g/mol. The predicted octanol–water partition coefficient (Wildman–Crippen LogP) is 3.52. The molecular formula is C22H17F4N5O3. The van der Waals surface area contributed by atoms with E-state index in [0.717, 1.165) is 12.1 Å². The average molecular weight is 475 g/mol. The first-order valence-corrected chi connectivity index (χ1v) is 9.97. The van der Waals surface area contributed by atoms with E-state index in [4.69, 9.17) is 9.47 Å². The van der Waals surface area contributed by atoms with Crippen LogP contribution in [0.4, 0.5) is 17.6 Å². The lowest BCUT2D eigenvalue weighted by molar-refractivity contribution is -0.137. The molecule has 0 unspecified atom stereocenters. The van der Waals surface area contributed by atoms with Crippen molar-refractivity contribution in [3.05, 3.63) is 72.0 Å². The molecule has 0 aliphatic rings. The summed E-state index contributed by atoms with van der Waals surface area (Å²) in [6.45, 7) is -0.271. The number of nitrogens with one attached hydrogen (secondary N) is 1. The van der Waals surface area contributed by atoms with Gasteiger partial charge in [-0.3, -0.25) is 4.79 Å². The summed E-state index contributed by atoms with van der Waals surface area (Å²) >= 11 is 0. The van der Waals surface area contributed by atoms with Gasteiger partial charge < -0.3 is 14.8 Å². The lowest BCUT2D eigenvalue weighted by atomic mass is 10.2. The number of hydrogen-bond donors (Lipinski definition) is 1. The number of rotatable bonds is 8. The number of amides is 1. The normalized spacial score (nSPS) is 11.4. The van der Waals surface area contributed by atoms with Gasteiger partial charge in [0.1, 0.15) is 18.2 Å². The van der Waals surface area contributed by atoms with Crippen molar-refractivity contribution in [1.82, 2.24) is 25.1 Å². The summed E-state index contributed by atoms with van der Waals surface area (Å²) in [5.41, 5.74) is 0.220. The van der Waals surface area contributed by atoms with E-state index < -0.39 is 24.3 Å². The molecule has 0 aliphatic carbocycles. The summed E-state index contributed by atoms with van der Waals surface area (Å²) in [7, 11) is 0. The third kappa shape index (κ3) is 5.57. The Bertz CT molecular complexity index is 1290. The van der Waals surface area contributed by atoms with Crippen LogP contribution >= 0.6 is 0 Å². The molecule has 1 amide bonds. The summed E-state index contributed by atoms with van der Waals surface area (Å²) in [6, 6.07) is 13.2. The largest absolute Gasteiger partial charge is 0.484 e. The Hall–Kier alpha value is -4.22. The minimum atomic E-state index is -4.50. The second-order valence-corrected chi connectivity index (χ2v) is 6.98. The third-order valence-electron chi connectivity index (χ3n) is 4.55. The lowest BCUT2D eigenvalue weighted by Gasteiger charge is -2.11. The van der Waals surface area contributed by atoms with Gasteiger partial charge in [-0.15, -0.1) is 15.3 Å². The van der Waals surface area contributed by atoms with Crippen LogP contribution in [-0.2, 0) is 11.0 Å². The van der Waals surface area contributed by atoms with Gasteiger partial charge in [-0.1, -0.05) is 6.07 Å². The molecule has 176 valence electrons. The van der Waals surface area contributed by atoms with E-state index in [2.05, 4.69) is 20.6 Å². The van der Waals surface area contributed by atoms with Crippen LogP contribution in [0.15, 0.2) is 60.7 Å². The summed E-state index contributed by atoms with van der Waals surface area (Å²) in [5.74, 6) is -0.325. The van der Waals surface area contributed by atoms with Crippen LogP contribution in [0, 0.1) is 5.82 Å². The zero-order valence-corrected chi connectivity index (χ0v) is 17.4. The highest BCUT2D eigenvalue weighted by Crippen LogP contribution is 2.31. The Morgan fingerprint density at radius 1 is 1.00 bits per heavy atom. The number of halogens is 4. The van der Waals surface area contributed by atoms with Gasteiger partial charge in [0, 0.05) is 11.6 Å². The van der Waals surface area contributed by atoms with Crippen molar-refractivity contribution >= 4 is 11.6 Å². The van der Waals surface area contributed by atoms with Crippen molar-refractivity contribution in [1.29, 1.82) is 0 Å². The molecule has 0 bridgehead atoms. The predicted molar refractivity (Wildman–Crippen MR) is 112 cm³/mol. The van der Waals surface area contributed by atoms with Gasteiger partial charge in [0.15, 0.2) is 18.1 Å². The van der Waals surface area contributed by atoms with Crippen molar-refractivity contribution in [3.63, 3.8) is 0 Å². The molecule has 0 aliphatic heterocycles. The summed E-state index contributed by atoms with van der Waals surface area (Å²) in [6.07, 6.45) is -4.50. The number of carbonyl (C=O) groups is 1. The highest BCUT2D eigenvalue weighted by Gasteiger charge is 2.30. The molecule has 2 heterocycles. The number of aromatic nitrogens is 4. The number of alkyl halides is 3. The molecule has 12 heteroatoms. The SMILES string of the molecule is O=C(COc1cccc(C(F)(F)F)c1)NCCOc1ccc2nnc(-c3ccc(F)cc3)n2n1. The molecule has 0 saturated heterocycles. The molecule has 2 aromatic heterocycles. The van der Waals surface area contributed by atoms with Crippen LogP contribution in [0.25, 0.3) is 17.0 Å². The quantitative estimate of drug-likeness (QED) is 0.310. The van der Waals surface area contributed by atoms with Crippen molar-refractivity contribution < 1.29 is 31.8 Å². The molecule has 0 atom stereocenters. The first-order valence-electron chi connectivity index (χ1n) is 9.97. The number of carbonyl (C=O) groups excluding carboxylic acids is 1. The average Bonchev–Trinajstić information content (AvgIpc) is 3.24. The van der Waals surface area contributed by atoms with Gasteiger partial charge in [0.05, 0.1) is 12.1 Å². The van der Waals surface area contributed by atoms with Gasteiger partial charge in [0.2, 0.25) is 5.88 Å². The molecular weight excluding hydrogens is 458 g/mol. The van der Waals surface area contributed by atoms with Gasteiger partial charge in [-0.25, -0.2) is 4.39 Å². The Balaban J connectivity index is 1.27. The number of hydrogen-bond acceptors (Lipinski definition) is 6. The van der Waals surface area contributed by atoms with Crippen molar-refractivity contribution in [2.75, 3.05) is 19.8 Å². The Kier molecular flexibility index (Phi) is 6.57. The van der Waals surface area contributed by atoms with Crippen LogP contribution in [0.1, 0.15) is 5.56 Å². The van der Waals surface area contributed by atoms with Crippen LogP contribution in [0.2, 0.25) is 0 Å². The van der Waals surface area contributed by atoms with E-state index in [1.807, 2.05) is 0 Å². The van der Waals surface area contributed by atoms with Crippen LogP contribution in [-0.4, -0.2) is 45.5 Å². The number of ether oxygens (including phenoxy) is 2. The maximum Gasteiger partial charge on any atom is 0.416 e. The highest BCUT2D eigenvalue weighted by molar-refractivity contribution is 5.77. The zero-order chi connectivity index (χ0) is 24.1. The summed E-state index contributed by atoms with van der Waals surface area (Å²) < 4.78 is 63.4. The van der Waals surface area contributed by atoms with Gasteiger partial charge >= 0.3 is 6.18 Å². The fraction of sp³-hybridized carbons (Fsp3) is 0.182. The molecule has 1 N–H and O–H groups in total. The van der Waals surface area contributed by atoms with Gasteiger partial charge in [0.25, 0.3) is 5.91 Å². The number of benzene rings is 2. The van der Waals surface area contributed by atoms with Crippen LogP contribution in [0.5, 0.6) is 11.6 Å². The number of fused-ring (bicyclic) bond motifs is 1. The number of nitrogens with zero attached hydrogens (tertiary/aromatic N) is 4. The molecule has 0 fully saturated rings. The Morgan fingerprint density at radius 3 is 2.56 bits per heavy atom. The second kappa shape index (κ2) is 9.73. The van der Waals surface area contributed by atoms with Gasteiger partial charge in [-0.05, 0) is 48.5 Å². The molecule has 8 nitrogen and oxygen atoms in total. The molecule has 0 radical (unpaired) electrons. The highest BCUT2D eigenvalue weighted by atomic mass is 19.4. The molecule has 2 aromatic carbocycles. The van der Waals surface area contributed by atoms with E-state index in [0.29, 0.717) is 17.0 Å². The fourth-order valence-corrected chi connectivity index (χ4v) is 2.94. The van der Waals surface area contributed by atoms with E-state index in [9.17, 15) is 22.4 Å². The molecule has 0 spiro atoms. The zero-order valence-electron chi connectivity index (χ0n) is 17.4. The Morgan fingerprint density at radius 2 is 1.79 bits per heavy atom. The fourth-order valence-electron chi connectivity index (χ4n) is 2.94. The van der Waals surface area contributed by atoms with E-state index >= 15 is 0 Å². The molecule has 4 aromatic rings. The van der Waals surface area contributed by atoms with Crippen molar-refractivity contribution in [2.45, 2.75) is 6.18 Å². The van der Waals surface area contributed by atoms with Crippen LogP contribution in [0.3, 0.4) is 0 Å². The standard InChI is InChI=1S/C22H17F4N5O3/c23-16-6-4-14(5-7-16)21-29-28-18-8-9-20(30-31(18)21)33-11-10-27-19(32)13-34-17-3-1-2-15(12-17)22(24,25)26/h1-9,12H,10-11,13H2,(H,27,32). The van der Waals surface area contributed by atoms with E-state index in [1.54, 1.807) is 24.3 Å². The molecule has 4 rings (SSSR count). The van der Waals surface area contributed by atoms with Gasteiger partial charge in [-0.2, -0.15) is 17.7 Å². The lowest BCUT2D eigenvalue weighted by Crippen LogP contribution is -2.32. The Labute approximate surface area is 190 Å². The topological polar surface area (TPSA) is 90.6 Å². The summed E-state index contributed by atoms with van der Waals surface area (Å²) in [5, 5.41) is 14.9. The third-order valence-corrected chi connectivity index (χ3v) is 4.55. The first kappa shape index (κ1) is 23.0. The van der Waals surface area contributed by atoms with Crippen molar-refractivity contribution in [2.24, 2.45) is 0 Å². The smallest absolute Gasteiger partial charge is 0.416 e. The van der Waals surface area contributed by atoms with E-state index in [-0.39, 0.29) is 30.6 Å². The maximum atomic E-state index is 13.2. The molecule has 34 heavy (non-hydrogen) atoms. The molecule has 0 saturated carbocycles. The van der Waals surface area contributed by atoms with E-state index in [1.165, 1.54) is 28.8 Å². The summed E-state index contributed by atoms with van der Waals surface area (Å²) in [4.78, 5) is 11.9.